The van der Waals surface area contributed by atoms with Gasteiger partial charge >= 0.3 is 5.97 Å². The van der Waals surface area contributed by atoms with Gasteiger partial charge in [-0.25, -0.2) is 4.79 Å². The molecule has 12 nitrogen and oxygen atoms in total. The molecule has 13 heteroatoms. The molecular weight excluding hydrogens is 406 g/mol. The Balaban J connectivity index is 5.17. The molecule has 5 atom stereocenters. The molecule has 0 aliphatic rings. The number of aliphatic carboxylic acids is 1. The Labute approximate surface area is 174 Å². The lowest BCUT2D eigenvalue weighted by atomic mass is 10.1. The van der Waals surface area contributed by atoms with E-state index in [1.165, 1.54) is 6.92 Å². The summed E-state index contributed by atoms with van der Waals surface area (Å²) in [5.41, 5.74) is 10.9. The van der Waals surface area contributed by atoms with Crippen molar-refractivity contribution >= 4 is 36.3 Å². The van der Waals surface area contributed by atoms with Gasteiger partial charge in [0.05, 0.1) is 12.7 Å². The van der Waals surface area contributed by atoms with Gasteiger partial charge < -0.3 is 42.7 Å². The normalized spacial score (nSPS) is 16.1. The summed E-state index contributed by atoms with van der Waals surface area (Å²) < 4.78 is 0. The van der Waals surface area contributed by atoms with E-state index in [1.54, 1.807) is 0 Å². The lowest BCUT2D eigenvalue weighted by Crippen LogP contribution is -2.59. The van der Waals surface area contributed by atoms with Crippen LogP contribution in [0.2, 0.25) is 0 Å². The summed E-state index contributed by atoms with van der Waals surface area (Å²) in [6.07, 6.45) is 0.0166. The zero-order chi connectivity index (χ0) is 22.6. The Kier molecular flexibility index (Phi) is 13.2. The third-order valence-corrected chi connectivity index (χ3v) is 4.38. The van der Waals surface area contributed by atoms with Crippen molar-refractivity contribution < 1.29 is 34.5 Å². The number of nitrogens with one attached hydrogen (secondary N) is 3. The van der Waals surface area contributed by atoms with Crippen LogP contribution in [0.3, 0.4) is 0 Å². The predicted molar refractivity (Wildman–Crippen MR) is 107 cm³/mol. The van der Waals surface area contributed by atoms with Crippen molar-refractivity contribution in [3.8, 4) is 0 Å². The van der Waals surface area contributed by atoms with E-state index in [-0.39, 0.29) is 12.2 Å². The van der Waals surface area contributed by atoms with E-state index >= 15 is 0 Å². The van der Waals surface area contributed by atoms with Crippen LogP contribution in [0.25, 0.3) is 0 Å². The van der Waals surface area contributed by atoms with E-state index in [0.29, 0.717) is 19.4 Å². The summed E-state index contributed by atoms with van der Waals surface area (Å²) in [6.45, 7) is 0.870. The number of carbonyl (C=O) groups excluding carboxylic acids is 3. The van der Waals surface area contributed by atoms with Gasteiger partial charge in [-0.15, -0.1) is 0 Å². The molecule has 29 heavy (non-hydrogen) atoms. The van der Waals surface area contributed by atoms with Crippen molar-refractivity contribution in [2.24, 2.45) is 11.5 Å². The number of carboxylic acid groups (broad SMARTS) is 1. The van der Waals surface area contributed by atoms with Crippen molar-refractivity contribution in [1.82, 2.24) is 16.0 Å². The fourth-order valence-corrected chi connectivity index (χ4v) is 2.42. The first-order valence-electron chi connectivity index (χ1n) is 9.08. The van der Waals surface area contributed by atoms with E-state index in [9.17, 15) is 29.4 Å². The molecule has 0 spiro atoms. The maximum atomic E-state index is 12.4. The highest BCUT2D eigenvalue weighted by molar-refractivity contribution is 7.80. The fourth-order valence-electron chi connectivity index (χ4n) is 2.17. The lowest BCUT2D eigenvalue weighted by molar-refractivity contribution is -0.141. The molecule has 0 aromatic rings. The summed E-state index contributed by atoms with van der Waals surface area (Å²) in [7, 11) is 0. The fraction of sp³-hybridized carbons (Fsp3) is 0.750. The van der Waals surface area contributed by atoms with E-state index in [1.807, 2.05) is 0 Å². The maximum Gasteiger partial charge on any atom is 0.327 e. The topological polar surface area (TPSA) is 217 Å². The first-order valence-corrected chi connectivity index (χ1v) is 9.71. The molecule has 0 aliphatic carbocycles. The number of thiol groups is 1. The Morgan fingerprint density at radius 1 is 0.966 bits per heavy atom. The number of carbonyl (C=O) groups is 4. The number of aliphatic hydroxyl groups is 2. The van der Waals surface area contributed by atoms with E-state index in [0.717, 1.165) is 0 Å². The van der Waals surface area contributed by atoms with Gasteiger partial charge in [-0.1, -0.05) is 0 Å². The van der Waals surface area contributed by atoms with Crippen molar-refractivity contribution in [2.45, 2.75) is 56.5 Å². The first-order chi connectivity index (χ1) is 13.6. The highest BCUT2D eigenvalue weighted by atomic mass is 32.1. The number of amides is 3. The molecule has 168 valence electrons. The Bertz CT molecular complexity index is 564. The average molecular weight is 438 g/mol. The monoisotopic (exact) mass is 437 g/mol. The van der Waals surface area contributed by atoms with Crippen LogP contribution >= 0.6 is 12.6 Å². The van der Waals surface area contributed by atoms with Gasteiger partial charge in [-0.2, -0.15) is 12.6 Å². The van der Waals surface area contributed by atoms with Gasteiger partial charge in [0.25, 0.3) is 0 Å². The molecule has 0 saturated carbocycles. The Hall–Kier alpha value is -1.93. The van der Waals surface area contributed by atoms with Gasteiger partial charge in [0.2, 0.25) is 17.7 Å². The van der Waals surface area contributed by atoms with E-state index in [4.69, 9.17) is 16.6 Å². The number of aliphatic hydroxyl groups excluding tert-OH is 2. The van der Waals surface area contributed by atoms with E-state index < -0.39 is 60.6 Å². The minimum Gasteiger partial charge on any atom is -0.480 e. The number of hydrogen-bond donors (Lipinski definition) is 9. The molecule has 0 heterocycles. The standard InChI is InChI=1S/C16H31N5O7S/c1-8(23)12(18)15(26)20-10(6-22)14(25)19-9(4-2-3-5-17)13(24)21-11(7-29)16(27)28/h8-12,22-23,29H,2-7,17-18H2,1H3,(H,19,25)(H,20,26)(H,21,24)(H,27,28). The molecule has 0 aromatic carbocycles. The average Bonchev–Trinajstić information content (AvgIpc) is 2.67. The molecule has 0 aromatic heterocycles. The summed E-state index contributed by atoms with van der Waals surface area (Å²) >= 11 is 3.86. The van der Waals surface area contributed by atoms with Crippen LogP contribution in [0.15, 0.2) is 0 Å². The number of hydrogen-bond acceptors (Lipinski definition) is 9. The maximum absolute atomic E-state index is 12.4. The summed E-state index contributed by atoms with van der Waals surface area (Å²) in [4.78, 5) is 47.8. The number of rotatable bonds is 14. The molecule has 0 aliphatic heterocycles. The minimum absolute atomic E-state index is 0.156. The SMILES string of the molecule is CC(O)C(N)C(=O)NC(CO)C(=O)NC(CCCCN)C(=O)NC(CS)C(=O)O. The highest BCUT2D eigenvalue weighted by Gasteiger charge is 2.30. The Morgan fingerprint density at radius 2 is 1.48 bits per heavy atom. The third kappa shape index (κ3) is 9.89. The zero-order valence-corrected chi connectivity index (χ0v) is 17.1. The zero-order valence-electron chi connectivity index (χ0n) is 16.2. The molecule has 0 radical (unpaired) electrons. The quantitative estimate of drug-likeness (QED) is 0.0962. The van der Waals surface area contributed by atoms with Crippen LogP contribution < -0.4 is 27.4 Å². The largest absolute Gasteiger partial charge is 0.480 e. The van der Waals surface area contributed by atoms with Crippen LogP contribution in [0.1, 0.15) is 26.2 Å². The molecule has 0 bridgehead atoms. The summed E-state index contributed by atoms with van der Waals surface area (Å²) in [5.74, 6) is -3.92. The molecule has 5 unspecified atom stereocenters. The second-order valence-corrected chi connectivity index (χ2v) is 6.80. The van der Waals surface area contributed by atoms with Gasteiger partial charge in [-0.05, 0) is 32.7 Å². The van der Waals surface area contributed by atoms with Crippen LogP contribution in [-0.2, 0) is 19.2 Å². The number of nitrogens with two attached hydrogens (primary N) is 2. The molecule has 0 saturated heterocycles. The van der Waals surface area contributed by atoms with Gasteiger partial charge in [0.15, 0.2) is 0 Å². The Morgan fingerprint density at radius 3 is 1.93 bits per heavy atom. The number of unbranched alkanes of at least 4 members (excludes halogenated alkanes) is 1. The molecule has 0 rings (SSSR count). The van der Waals surface area contributed by atoms with Crippen LogP contribution in [0.5, 0.6) is 0 Å². The second-order valence-electron chi connectivity index (χ2n) is 6.44. The third-order valence-electron chi connectivity index (χ3n) is 4.02. The van der Waals surface area contributed by atoms with Crippen molar-refractivity contribution in [3.63, 3.8) is 0 Å². The van der Waals surface area contributed by atoms with Gasteiger partial charge in [-0.3, -0.25) is 14.4 Å². The number of carboxylic acids is 1. The lowest BCUT2D eigenvalue weighted by Gasteiger charge is -2.24. The molecule has 3 amide bonds. The highest BCUT2D eigenvalue weighted by Crippen LogP contribution is 2.03. The van der Waals surface area contributed by atoms with Crippen molar-refractivity contribution in [1.29, 1.82) is 0 Å². The van der Waals surface area contributed by atoms with Gasteiger partial charge in [0.1, 0.15) is 24.2 Å². The molecule has 10 N–H and O–H groups in total. The van der Waals surface area contributed by atoms with Crippen LogP contribution in [0, 0.1) is 0 Å². The summed E-state index contributed by atoms with van der Waals surface area (Å²) in [5, 5.41) is 34.6. The van der Waals surface area contributed by atoms with Gasteiger partial charge in [0, 0.05) is 5.75 Å². The predicted octanol–water partition coefficient (Wildman–Crippen LogP) is -3.72. The van der Waals surface area contributed by atoms with Crippen LogP contribution in [-0.4, -0.2) is 88.2 Å². The van der Waals surface area contributed by atoms with Crippen molar-refractivity contribution in [2.75, 3.05) is 18.9 Å². The first kappa shape index (κ1) is 27.1. The van der Waals surface area contributed by atoms with E-state index in [2.05, 4.69) is 28.6 Å². The minimum atomic E-state index is -1.42. The smallest absolute Gasteiger partial charge is 0.327 e. The molecular formula is C16H31N5O7S. The van der Waals surface area contributed by atoms with Crippen LogP contribution in [0.4, 0.5) is 0 Å². The second kappa shape index (κ2) is 14.1. The van der Waals surface area contributed by atoms with Crippen molar-refractivity contribution in [3.05, 3.63) is 0 Å². The summed E-state index contributed by atoms with van der Waals surface area (Å²) in [6, 6.07) is -5.10. The molecule has 0 fully saturated rings.